The van der Waals surface area contributed by atoms with Crippen molar-refractivity contribution in [2.75, 3.05) is 0 Å². The SMILES string of the molecule is CC(=O)N[C@@H]1[C@@H]2OC(C)(C)O[C@@H]2C(Br)=C[C@H]1OC(C)=O. The maximum Gasteiger partial charge on any atom is 0.303 e. The predicted molar refractivity (Wildman–Crippen MR) is 74.0 cm³/mol. The van der Waals surface area contributed by atoms with Crippen molar-refractivity contribution in [3.63, 3.8) is 0 Å². The Morgan fingerprint density at radius 2 is 2.00 bits per heavy atom. The van der Waals surface area contributed by atoms with Crippen LogP contribution < -0.4 is 5.32 Å². The van der Waals surface area contributed by atoms with Crippen molar-refractivity contribution in [1.29, 1.82) is 0 Å². The molecule has 2 aliphatic rings. The molecule has 1 heterocycles. The van der Waals surface area contributed by atoms with Gasteiger partial charge < -0.3 is 19.5 Å². The Labute approximate surface area is 125 Å². The lowest BCUT2D eigenvalue weighted by atomic mass is 9.93. The number of esters is 1. The number of hydrogen-bond acceptors (Lipinski definition) is 5. The molecular weight excluding hydrogens is 330 g/mol. The fraction of sp³-hybridized carbons (Fsp3) is 0.692. The first kappa shape index (κ1) is 15.5. The molecule has 6 nitrogen and oxygen atoms in total. The Kier molecular flexibility index (Phi) is 4.22. The van der Waals surface area contributed by atoms with Crippen molar-refractivity contribution >= 4 is 27.8 Å². The summed E-state index contributed by atoms with van der Waals surface area (Å²) in [5, 5.41) is 2.78. The minimum atomic E-state index is -0.760. The summed E-state index contributed by atoms with van der Waals surface area (Å²) in [7, 11) is 0. The molecule has 1 amide bonds. The summed E-state index contributed by atoms with van der Waals surface area (Å²) in [6.07, 6.45) is 0.393. The Hall–Kier alpha value is -0.920. The van der Waals surface area contributed by atoms with Gasteiger partial charge in [-0.2, -0.15) is 0 Å². The average molecular weight is 348 g/mol. The number of ether oxygens (including phenoxy) is 3. The molecule has 0 unspecified atom stereocenters. The zero-order valence-electron chi connectivity index (χ0n) is 11.8. The molecule has 0 aromatic carbocycles. The monoisotopic (exact) mass is 347 g/mol. The average Bonchev–Trinajstić information content (AvgIpc) is 2.59. The molecule has 112 valence electrons. The number of hydrogen-bond donors (Lipinski definition) is 1. The van der Waals surface area contributed by atoms with Crippen LogP contribution in [-0.4, -0.2) is 42.0 Å². The highest BCUT2D eigenvalue weighted by Gasteiger charge is 2.51. The zero-order valence-corrected chi connectivity index (χ0v) is 13.4. The summed E-state index contributed by atoms with van der Waals surface area (Å²) in [6, 6.07) is -0.482. The van der Waals surface area contributed by atoms with E-state index in [4.69, 9.17) is 14.2 Å². The van der Waals surface area contributed by atoms with Crippen LogP contribution in [0.2, 0.25) is 0 Å². The van der Waals surface area contributed by atoms with E-state index in [1.54, 1.807) is 19.9 Å². The standard InChI is InChI=1S/C13H18BrNO5/c1-6(16)15-10-9(18-7(2)17)5-8(14)11-12(10)20-13(3,4)19-11/h5,9-12H,1-4H3,(H,15,16)/t9-,10+,11-,12+/m1/s1. The summed E-state index contributed by atoms with van der Waals surface area (Å²) < 4.78 is 17.7. The predicted octanol–water partition coefficient (Wildman–Crippen LogP) is 1.24. The van der Waals surface area contributed by atoms with Gasteiger partial charge in [-0.05, 0) is 19.9 Å². The van der Waals surface area contributed by atoms with Crippen molar-refractivity contribution in [3.8, 4) is 0 Å². The van der Waals surface area contributed by atoms with Crippen molar-refractivity contribution in [2.24, 2.45) is 0 Å². The second-order valence-electron chi connectivity index (χ2n) is 5.37. The van der Waals surface area contributed by atoms with Gasteiger partial charge in [-0.3, -0.25) is 9.59 Å². The smallest absolute Gasteiger partial charge is 0.303 e. The number of halogens is 1. The van der Waals surface area contributed by atoms with Crippen LogP contribution in [0.4, 0.5) is 0 Å². The molecule has 1 aliphatic carbocycles. The molecule has 7 heteroatoms. The molecule has 0 saturated carbocycles. The van der Waals surface area contributed by atoms with Crippen LogP contribution in [0, 0.1) is 0 Å². The minimum absolute atomic E-state index is 0.217. The van der Waals surface area contributed by atoms with Crippen molar-refractivity contribution < 1.29 is 23.8 Å². The molecule has 1 fully saturated rings. The van der Waals surface area contributed by atoms with Gasteiger partial charge in [0.1, 0.15) is 18.3 Å². The van der Waals surface area contributed by atoms with Gasteiger partial charge in [-0.25, -0.2) is 0 Å². The van der Waals surface area contributed by atoms with Crippen molar-refractivity contribution in [3.05, 3.63) is 10.6 Å². The lowest BCUT2D eigenvalue weighted by molar-refractivity contribution is -0.156. The van der Waals surface area contributed by atoms with E-state index in [1.165, 1.54) is 13.8 Å². The van der Waals surface area contributed by atoms with Gasteiger partial charge in [-0.1, -0.05) is 15.9 Å². The summed E-state index contributed by atoms with van der Waals surface area (Å²) >= 11 is 3.42. The Balaban J connectivity index is 2.30. The van der Waals surface area contributed by atoms with E-state index >= 15 is 0 Å². The number of carbonyl (C=O) groups is 2. The van der Waals surface area contributed by atoms with E-state index in [2.05, 4.69) is 21.2 Å². The Morgan fingerprint density at radius 1 is 1.35 bits per heavy atom. The Morgan fingerprint density at radius 3 is 2.55 bits per heavy atom. The van der Waals surface area contributed by atoms with Crippen molar-refractivity contribution in [2.45, 2.75) is 57.8 Å². The fourth-order valence-electron chi connectivity index (χ4n) is 2.51. The lowest BCUT2D eigenvalue weighted by Gasteiger charge is -2.35. The number of fused-ring (bicyclic) bond motifs is 1. The normalized spacial score (nSPS) is 35.0. The molecule has 0 radical (unpaired) electrons. The molecule has 2 rings (SSSR count). The van der Waals surface area contributed by atoms with Crippen LogP contribution >= 0.6 is 15.9 Å². The van der Waals surface area contributed by atoms with Gasteiger partial charge in [0.25, 0.3) is 0 Å². The summed E-state index contributed by atoms with van der Waals surface area (Å²) in [4.78, 5) is 22.6. The number of nitrogens with one attached hydrogen (secondary N) is 1. The molecular formula is C13H18BrNO5. The molecule has 1 aliphatic heterocycles. The maximum atomic E-state index is 11.4. The third-order valence-electron chi connectivity index (χ3n) is 3.10. The third-order valence-corrected chi connectivity index (χ3v) is 3.82. The summed E-state index contributed by atoms with van der Waals surface area (Å²) in [5.74, 6) is -1.39. The van der Waals surface area contributed by atoms with E-state index in [0.29, 0.717) is 0 Å². The minimum Gasteiger partial charge on any atom is -0.456 e. The van der Waals surface area contributed by atoms with Crippen LogP contribution in [0.15, 0.2) is 10.6 Å². The lowest BCUT2D eigenvalue weighted by Crippen LogP contribution is -2.56. The summed E-state index contributed by atoms with van der Waals surface area (Å²) in [6.45, 7) is 6.34. The van der Waals surface area contributed by atoms with Gasteiger partial charge in [0.15, 0.2) is 5.79 Å². The molecule has 4 atom stereocenters. The van der Waals surface area contributed by atoms with Crippen LogP contribution in [0.25, 0.3) is 0 Å². The first-order chi connectivity index (χ1) is 9.19. The van der Waals surface area contributed by atoms with Gasteiger partial charge in [0.05, 0.1) is 6.04 Å². The van der Waals surface area contributed by atoms with E-state index in [9.17, 15) is 9.59 Å². The molecule has 0 aromatic rings. The zero-order chi connectivity index (χ0) is 15.1. The molecule has 1 N–H and O–H groups in total. The van der Waals surface area contributed by atoms with Gasteiger partial charge in [0, 0.05) is 18.3 Å². The van der Waals surface area contributed by atoms with E-state index < -0.39 is 30.0 Å². The van der Waals surface area contributed by atoms with E-state index in [0.717, 1.165) is 4.48 Å². The third kappa shape index (κ3) is 3.21. The highest BCUT2D eigenvalue weighted by Crippen LogP contribution is 2.40. The number of rotatable bonds is 2. The van der Waals surface area contributed by atoms with Crippen LogP contribution in [0.3, 0.4) is 0 Å². The number of carbonyl (C=O) groups excluding carboxylic acids is 2. The van der Waals surface area contributed by atoms with Gasteiger partial charge in [0.2, 0.25) is 5.91 Å². The second-order valence-corrected chi connectivity index (χ2v) is 6.29. The van der Waals surface area contributed by atoms with Crippen molar-refractivity contribution in [1.82, 2.24) is 5.32 Å². The van der Waals surface area contributed by atoms with E-state index in [-0.39, 0.29) is 12.0 Å². The van der Waals surface area contributed by atoms with Crippen LogP contribution in [0.5, 0.6) is 0 Å². The van der Waals surface area contributed by atoms with Crippen LogP contribution in [-0.2, 0) is 23.8 Å². The molecule has 0 spiro atoms. The van der Waals surface area contributed by atoms with E-state index in [1.807, 2.05) is 0 Å². The fourth-order valence-corrected chi connectivity index (χ4v) is 3.12. The van der Waals surface area contributed by atoms with Gasteiger partial charge >= 0.3 is 5.97 Å². The molecule has 1 saturated heterocycles. The highest BCUT2D eigenvalue weighted by molar-refractivity contribution is 9.11. The maximum absolute atomic E-state index is 11.4. The Bertz CT molecular complexity index is 462. The number of amides is 1. The quantitative estimate of drug-likeness (QED) is 0.760. The molecule has 0 bridgehead atoms. The molecule has 20 heavy (non-hydrogen) atoms. The van der Waals surface area contributed by atoms with Crippen LogP contribution in [0.1, 0.15) is 27.7 Å². The topological polar surface area (TPSA) is 73.9 Å². The highest BCUT2D eigenvalue weighted by atomic mass is 79.9. The summed E-state index contributed by atoms with van der Waals surface area (Å²) in [5.41, 5.74) is 0. The first-order valence-corrected chi connectivity index (χ1v) is 7.16. The molecule has 0 aromatic heterocycles. The second kappa shape index (κ2) is 5.46. The van der Waals surface area contributed by atoms with Gasteiger partial charge in [-0.15, -0.1) is 0 Å². The first-order valence-electron chi connectivity index (χ1n) is 6.37. The largest absolute Gasteiger partial charge is 0.456 e.